The quantitative estimate of drug-likeness (QED) is 0.818. The SMILES string of the molecule is CCC(C)(C)c1nnc(-c2ccccc2)n1C1C=CC(C)=C1. The summed E-state index contributed by atoms with van der Waals surface area (Å²) in [5, 5.41) is 9.07. The van der Waals surface area contributed by atoms with Gasteiger partial charge in [0.05, 0.1) is 6.04 Å². The van der Waals surface area contributed by atoms with E-state index in [1.54, 1.807) is 0 Å². The first kappa shape index (κ1) is 14.8. The van der Waals surface area contributed by atoms with E-state index in [2.05, 4.69) is 72.8 Å². The highest BCUT2D eigenvalue weighted by Crippen LogP contribution is 2.34. The highest BCUT2D eigenvalue weighted by Gasteiger charge is 2.30. The molecule has 0 spiro atoms. The molecule has 0 bridgehead atoms. The first-order valence-corrected chi connectivity index (χ1v) is 7.90. The van der Waals surface area contributed by atoms with Crippen LogP contribution in [0.1, 0.15) is 46.0 Å². The standard InChI is InChI=1S/C19H23N3/c1-5-19(3,4)18-21-20-17(15-9-7-6-8-10-15)22(18)16-12-11-14(2)13-16/h6-13,16H,5H2,1-4H3. The molecule has 0 N–H and O–H groups in total. The Morgan fingerprint density at radius 3 is 2.45 bits per heavy atom. The molecule has 1 heterocycles. The maximum absolute atomic E-state index is 4.55. The Morgan fingerprint density at radius 1 is 1.14 bits per heavy atom. The second-order valence-corrected chi connectivity index (χ2v) is 6.58. The maximum atomic E-state index is 4.55. The van der Waals surface area contributed by atoms with Crippen LogP contribution in [0.25, 0.3) is 11.4 Å². The van der Waals surface area contributed by atoms with Crippen LogP contribution >= 0.6 is 0 Å². The topological polar surface area (TPSA) is 30.7 Å². The monoisotopic (exact) mass is 293 g/mol. The van der Waals surface area contributed by atoms with Gasteiger partial charge in [0.2, 0.25) is 0 Å². The number of rotatable bonds is 4. The lowest BCUT2D eigenvalue weighted by Gasteiger charge is -2.25. The zero-order valence-electron chi connectivity index (χ0n) is 13.7. The van der Waals surface area contributed by atoms with Crippen LogP contribution in [-0.4, -0.2) is 14.8 Å². The third-order valence-electron chi connectivity index (χ3n) is 4.51. The maximum Gasteiger partial charge on any atom is 0.164 e. The Labute approximate surface area is 132 Å². The highest BCUT2D eigenvalue weighted by molar-refractivity contribution is 5.56. The lowest BCUT2D eigenvalue weighted by molar-refractivity contribution is 0.443. The summed E-state index contributed by atoms with van der Waals surface area (Å²) in [7, 11) is 0. The Balaban J connectivity index is 2.18. The van der Waals surface area contributed by atoms with Gasteiger partial charge in [-0.25, -0.2) is 0 Å². The Hall–Kier alpha value is -2.16. The molecule has 22 heavy (non-hydrogen) atoms. The van der Waals surface area contributed by atoms with Gasteiger partial charge in [0.1, 0.15) is 5.82 Å². The Morgan fingerprint density at radius 2 is 1.86 bits per heavy atom. The van der Waals surface area contributed by atoms with Crippen molar-refractivity contribution in [3.05, 3.63) is 60.0 Å². The van der Waals surface area contributed by atoms with Crippen molar-refractivity contribution in [3.63, 3.8) is 0 Å². The van der Waals surface area contributed by atoms with Crippen molar-refractivity contribution in [3.8, 4) is 11.4 Å². The molecule has 1 aromatic carbocycles. The van der Waals surface area contributed by atoms with Crippen molar-refractivity contribution in [1.82, 2.24) is 14.8 Å². The molecule has 114 valence electrons. The molecular formula is C19H23N3. The average molecular weight is 293 g/mol. The molecule has 2 aromatic rings. The van der Waals surface area contributed by atoms with Gasteiger partial charge in [-0.2, -0.15) is 0 Å². The molecule has 0 amide bonds. The number of aromatic nitrogens is 3. The van der Waals surface area contributed by atoms with Crippen LogP contribution in [0.3, 0.4) is 0 Å². The number of benzene rings is 1. The fraction of sp³-hybridized carbons (Fsp3) is 0.368. The van der Waals surface area contributed by atoms with Crippen molar-refractivity contribution in [2.45, 2.75) is 45.6 Å². The largest absolute Gasteiger partial charge is 0.300 e. The van der Waals surface area contributed by atoms with Gasteiger partial charge in [-0.1, -0.05) is 74.9 Å². The zero-order chi connectivity index (χ0) is 15.7. The van der Waals surface area contributed by atoms with E-state index in [0.717, 1.165) is 23.6 Å². The van der Waals surface area contributed by atoms with E-state index in [9.17, 15) is 0 Å². The molecule has 1 unspecified atom stereocenters. The van der Waals surface area contributed by atoms with Gasteiger partial charge in [-0.05, 0) is 13.3 Å². The Kier molecular flexibility index (Phi) is 3.73. The predicted molar refractivity (Wildman–Crippen MR) is 90.7 cm³/mol. The van der Waals surface area contributed by atoms with Crippen LogP contribution < -0.4 is 0 Å². The lowest BCUT2D eigenvalue weighted by atomic mass is 9.89. The van der Waals surface area contributed by atoms with Crippen LogP contribution in [0.5, 0.6) is 0 Å². The van der Waals surface area contributed by atoms with Crippen LogP contribution in [0, 0.1) is 0 Å². The minimum Gasteiger partial charge on any atom is -0.300 e. The highest BCUT2D eigenvalue weighted by atomic mass is 15.3. The third kappa shape index (κ3) is 2.52. The summed E-state index contributed by atoms with van der Waals surface area (Å²) in [4.78, 5) is 0. The summed E-state index contributed by atoms with van der Waals surface area (Å²) < 4.78 is 2.28. The summed E-state index contributed by atoms with van der Waals surface area (Å²) in [6, 6.07) is 10.5. The van der Waals surface area contributed by atoms with Crippen molar-refractivity contribution >= 4 is 0 Å². The number of nitrogens with zero attached hydrogens (tertiary/aromatic N) is 3. The molecule has 0 saturated heterocycles. The minimum absolute atomic E-state index is 0.00178. The van der Waals surface area contributed by atoms with Gasteiger partial charge >= 0.3 is 0 Å². The van der Waals surface area contributed by atoms with Crippen molar-refractivity contribution in [1.29, 1.82) is 0 Å². The third-order valence-corrected chi connectivity index (χ3v) is 4.51. The molecule has 3 rings (SSSR count). The van der Waals surface area contributed by atoms with Crippen molar-refractivity contribution in [2.75, 3.05) is 0 Å². The van der Waals surface area contributed by atoms with E-state index in [0.29, 0.717) is 0 Å². The smallest absolute Gasteiger partial charge is 0.164 e. The summed E-state index contributed by atoms with van der Waals surface area (Å²) in [5.41, 5.74) is 2.40. The predicted octanol–water partition coefficient (Wildman–Crippen LogP) is 4.69. The number of allylic oxidation sites excluding steroid dienone is 4. The van der Waals surface area contributed by atoms with Gasteiger partial charge in [-0.15, -0.1) is 10.2 Å². The molecule has 1 aromatic heterocycles. The minimum atomic E-state index is -0.00178. The van der Waals surface area contributed by atoms with Crippen LogP contribution in [0.15, 0.2) is 54.1 Å². The fourth-order valence-corrected chi connectivity index (χ4v) is 2.77. The molecule has 0 aliphatic heterocycles. The Bertz CT molecular complexity index is 720. The molecule has 1 aliphatic rings. The molecule has 0 radical (unpaired) electrons. The van der Waals surface area contributed by atoms with Crippen molar-refractivity contribution < 1.29 is 0 Å². The van der Waals surface area contributed by atoms with E-state index in [-0.39, 0.29) is 11.5 Å². The van der Waals surface area contributed by atoms with Crippen LogP contribution in [0.2, 0.25) is 0 Å². The number of hydrogen-bond donors (Lipinski definition) is 0. The van der Waals surface area contributed by atoms with Crippen LogP contribution in [0.4, 0.5) is 0 Å². The molecule has 0 saturated carbocycles. The summed E-state index contributed by atoms with van der Waals surface area (Å²) in [6.07, 6.45) is 7.69. The van der Waals surface area contributed by atoms with Gasteiger partial charge in [0.15, 0.2) is 5.82 Å². The second-order valence-electron chi connectivity index (χ2n) is 6.58. The normalized spacial score (nSPS) is 17.8. The van der Waals surface area contributed by atoms with E-state index in [4.69, 9.17) is 0 Å². The first-order chi connectivity index (χ1) is 10.5. The van der Waals surface area contributed by atoms with E-state index in [1.807, 2.05) is 18.2 Å². The van der Waals surface area contributed by atoms with Crippen LogP contribution in [-0.2, 0) is 5.41 Å². The van der Waals surface area contributed by atoms with Crippen molar-refractivity contribution in [2.24, 2.45) is 0 Å². The summed E-state index contributed by atoms with van der Waals surface area (Å²) >= 11 is 0. The average Bonchev–Trinajstić information content (AvgIpc) is 3.14. The fourth-order valence-electron chi connectivity index (χ4n) is 2.77. The summed E-state index contributed by atoms with van der Waals surface area (Å²) in [6.45, 7) is 8.80. The molecule has 1 aliphatic carbocycles. The zero-order valence-corrected chi connectivity index (χ0v) is 13.7. The second kappa shape index (κ2) is 5.56. The lowest BCUT2D eigenvalue weighted by Crippen LogP contribution is -2.23. The first-order valence-electron chi connectivity index (χ1n) is 7.90. The van der Waals surface area contributed by atoms with Gasteiger partial charge in [-0.3, -0.25) is 4.57 Å². The number of hydrogen-bond acceptors (Lipinski definition) is 2. The molecule has 3 nitrogen and oxygen atoms in total. The molecule has 0 fully saturated rings. The molecule has 3 heteroatoms. The van der Waals surface area contributed by atoms with Gasteiger partial charge in [0.25, 0.3) is 0 Å². The van der Waals surface area contributed by atoms with Gasteiger partial charge in [0, 0.05) is 11.0 Å². The van der Waals surface area contributed by atoms with E-state index < -0.39 is 0 Å². The van der Waals surface area contributed by atoms with Gasteiger partial charge < -0.3 is 0 Å². The molecule has 1 atom stereocenters. The van der Waals surface area contributed by atoms with E-state index in [1.165, 1.54) is 5.57 Å². The van der Waals surface area contributed by atoms with E-state index >= 15 is 0 Å². The summed E-state index contributed by atoms with van der Waals surface area (Å²) in [5.74, 6) is 1.99. The molecular weight excluding hydrogens is 270 g/mol.